The molecule has 0 spiro atoms. The predicted octanol–water partition coefficient (Wildman–Crippen LogP) is 2.28. The number of benzene rings is 1. The molecule has 1 aromatic carbocycles. The lowest BCUT2D eigenvalue weighted by Gasteiger charge is -2.13. The maximum atomic E-state index is 11.5. The van der Waals surface area contributed by atoms with E-state index < -0.39 is 0 Å². The summed E-state index contributed by atoms with van der Waals surface area (Å²) in [6, 6.07) is 10.0. The predicted molar refractivity (Wildman–Crippen MR) is 70.9 cm³/mol. The Morgan fingerprint density at radius 2 is 2.06 bits per heavy atom. The number of hydrogen-bond acceptors (Lipinski definition) is 2. The van der Waals surface area contributed by atoms with E-state index in [1.54, 1.807) is 0 Å². The van der Waals surface area contributed by atoms with Crippen molar-refractivity contribution in [1.82, 2.24) is 5.32 Å². The van der Waals surface area contributed by atoms with Crippen LogP contribution in [0.2, 0.25) is 0 Å². The molecule has 0 aromatic heterocycles. The van der Waals surface area contributed by atoms with Crippen molar-refractivity contribution in [1.29, 1.82) is 0 Å². The Morgan fingerprint density at radius 3 is 2.83 bits per heavy atom. The molecule has 3 nitrogen and oxygen atoms in total. The summed E-state index contributed by atoms with van der Waals surface area (Å²) < 4.78 is 5.63. The minimum absolute atomic E-state index is 0.00818. The van der Waals surface area contributed by atoms with Crippen LogP contribution in [0.4, 0.5) is 0 Å². The van der Waals surface area contributed by atoms with Gasteiger partial charge in [-0.1, -0.05) is 49.4 Å². The zero-order valence-corrected chi connectivity index (χ0v) is 10.6. The highest BCUT2D eigenvalue weighted by molar-refractivity contribution is 5.77. The molecule has 0 aliphatic carbocycles. The molecule has 0 saturated heterocycles. The number of hydrogen-bond donors (Lipinski definition) is 1. The Labute approximate surface area is 108 Å². The van der Waals surface area contributed by atoms with Crippen LogP contribution in [0.3, 0.4) is 0 Å². The van der Waals surface area contributed by atoms with E-state index in [0.29, 0.717) is 25.6 Å². The number of allylic oxidation sites excluding steroid dienone is 1. The number of ether oxygens (including phenoxy) is 1. The van der Waals surface area contributed by atoms with Gasteiger partial charge in [-0.2, -0.15) is 0 Å². The van der Waals surface area contributed by atoms with E-state index in [1.165, 1.54) is 0 Å². The third kappa shape index (κ3) is 4.00. The van der Waals surface area contributed by atoms with Crippen molar-refractivity contribution in [2.75, 3.05) is 6.61 Å². The molecule has 1 aliphatic heterocycles. The summed E-state index contributed by atoms with van der Waals surface area (Å²) in [6.45, 7) is 3.14. The van der Waals surface area contributed by atoms with Gasteiger partial charge in [0, 0.05) is 6.42 Å². The minimum Gasteiger partial charge on any atom is -0.374 e. The topological polar surface area (TPSA) is 38.3 Å². The van der Waals surface area contributed by atoms with E-state index in [-0.39, 0.29) is 11.9 Å². The molecule has 3 heteroatoms. The fraction of sp³-hybridized carbons (Fsp3) is 0.400. The van der Waals surface area contributed by atoms with Crippen molar-refractivity contribution in [3.8, 4) is 0 Å². The van der Waals surface area contributed by atoms with Gasteiger partial charge in [-0.3, -0.25) is 4.79 Å². The summed E-state index contributed by atoms with van der Waals surface area (Å²) in [4.78, 5) is 11.5. The third-order valence-corrected chi connectivity index (χ3v) is 2.93. The Balaban J connectivity index is 1.79. The summed E-state index contributed by atoms with van der Waals surface area (Å²) in [5.74, 6) is 0.407. The van der Waals surface area contributed by atoms with E-state index >= 15 is 0 Å². The molecule has 1 N–H and O–H groups in total. The zero-order valence-electron chi connectivity index (χ0n) is 10.6. The maximum absolute atomic E-state index is 11.5. The van der Waals surface area contributed by atoms with Gasteiger partial charge in [-0.05, 0) is 11.5 Å². The summed E-state index contributed by atoms with van der Waals surface area (Å²) in [7, 11) is 0. The highest BCUT2D eigenvalue weighted by Crippen LogP contribution is 2.09. The summed E-state index contributed by atoms with van der Waals surface area (Å²) >= 11 is 0. The monoisotopic (exact) mass is 245 g/mol. The second-order valence-corrected chi connectivity index (χ2v) is 4.74. The average Bonchev–Trinajstić information content (AvgIpc) is 2.52. The highest BCUT2D eigenvalue weighted by Gasteiger charge is 2.15. The van der Waals surface area contributed by atoms with Crippen LogP contribution in [0.1, 0.15) is 18.9 Å². The number of carbonyl (C=O) groups is 1. The molecule has 1 aliphatic rings. The van der Waals surface area contributed by atoms with Crippen molar-refractivity contribution in [2.45, 2.75) is 26.0 Å². The summed E-state index contributed by atoms with van der Waals surface area (Å²) in [5, 5.41) is 2.94. The molecule has 1 heterocycles. The van der Waals surface area contributed by atoms with Gasteiger partial charge in [0.1, 0.15) is 0 Å². The molecule has 0 unspecified atom stereocenters. The summed E-state index contributed by atoms with van der Waals surface area (Å²) in [5.41, 5.74) is 1.15. The van der Waals surface area contributed by atoms with E-state index in [4.69, 9.17) is 4.74 Å². The van der Waals surface area contributed by atoms with Crippen LogP contribution in [0.25, 0.3) is 0 Å². The van der Waals surface area contributed by atoms with Crippen LogP contribution in [0.15, 0.2) is 42.5 Å². The van der Waals surface area contributed by atoms with Gasteiger partial charge in [-0.25, -0.2) is 0 Å². The fourth-order valence-electron chi connectivity index (χ4n) is 1.97. The van der Waals surface area contributed by atoms with Crippen molar-refractivity contribution in [2.24, 2.45) is 5.92 Å². The van der Waals surface area contributed by atoms with Crippen molar-refractivity contribution in [3.63, 3.8) is 0 Å². The minimum atomic E-state index is -0.00818. The first kappa shape index (κ1) is 12.8. The molecule has 0 fully saturated rings. The SMILES string of the molecule is C[C@@H]1C=C[C@@H](COCc2ccccc2)NC(=O)C1. The molecule has 0 saturated carbocycles. The lowest BCUT2D eigenvalue weighted by molar-refractivity contribution is -0.122. The molecule has 1 aromatic rings. The summed E-state index contributed by atoms with van der Waals surface area (Å²) in [6.07, 6.45) is 4.67. The van der Waals surface area contributed by atoms with Crippen LogP contribution in [-0.2, 0) is 16.1 Å². The molecule has 2 rings (SSSR count). The average molecular weight is 245 g/mol. The van der Waals surface area contributed by atoms with Gasteiger partial charge < -0.3 is 10.1 Å². The zero-order chi connectivity index (χ0) is 12.8. The van der Waals surface area contributed by atoms with Crippen molar-refractivity contribution in [3.05, 3.63) is 48.0 Å². The lowest BCUT2D eigenvalue weighted by atomic mass is 10.1. The Hall–Kier alpha value is -1.61. The third-order valence-electron chi connectivity index (χ3n) is 2.93. The molecular formula is C15H19NO2. The van der Waals surface area contributed by atoms with Crippen molar-refractivity contribution >= 4 is 5.91 Å². The fourth-order valence-corrected chi connectivity index (χ4v) is 1.97. The largest absolute Gasteiger partial charge is 0.374 e. The highest BCUT2D eigenvalue weighted by atomic mass is 16.5. The van der Waals surface area contributed by atoms with Crippen LogP contribution in [-0.4, -0.2) is 18.6 Å². The Bertz CT molecular complexity index is 414. The molecule has 0 bridgehead atoms. The number of nitrogens with one attached hydrogen (secondary N) is 1. The number of amides is 1. The van der Waals surface area contributed by atoms with Gasteiger partial charge in [0.15, 0.2) is 0 Å². The smallest absolute Gasteiger partial charge is 0.221 e. The van der Waals surface area contributed by atoms with E-state index in [0.717, 1.165) is 5.56 Å². The molecule has 0 radical (unpaired) electrons. The van der Waals surface area contributed by atoms with Crippen LogP contribution < -0.4 is 5.32 Å². The Kier molecular flexibility index (Phi) is 4.53. The molecule has 2 atom stereocenters. The normalized spacial score (nSPS) is 23.5. The van der Waals surface area contributed by atoms with E-state index in [1.807, 2.05) is 43.3 Å². The lowest BCUT2D eigenvalue weighted by Crippen LogP contribution is -2.35. The van der Waals surface area contributed by atoms with Gasteiger partial charge in [0.25, 0.3) is 0 Å². The first-order valence-corrected chi connectivity index (χ1v) is 6.33. The molecule has 96 valence electrons. The first-order valence-electron chi connectivity index (χ1n) is 6.33. The van der Waals surface area contributed by atoms with E-state index in [9.17, 15) is 4.79 Å². The van der Waals surface area contributed by atoms with Crippen molar-refractivity contribution < 1.29 is 9.53 Å². The second kappa shape index (κ2) is 6.36. The standard InChI is InChI=1S/C15H19NO2/c1-12-7-8-14(16-15(17)9-12)11-18-10-13-5-3-2-4-6-13/h2-8,12,14H,9-11H2,1H3,(H,16,17)/t12-,14+/m1/s1. The molecular weight excluding hydrogens is 226 g/mol. The number of carbonyl (C=O) groups excluding carboxylic acids is 1. The van der Waals surface area contributed by atoms with Gasteiger partial charge in [0.05, 0.1) is 19.3 Å². The van der Waals surface area contributed by atoms with Gasteiger partial charge in [0.2, 0.25) is 5.91 Å². The van der Waals surface area contributed by atoms with Crippen LogP contribution >= 0.6 is 0 Å². The van der Waals surface area contributed by atoms with Crippen LogP contribution in [0.5, 0.6) is 0 Å². The number of rotatable bonds is 4. The first-order chi connectivity index (χ1) is 8.74. The Morgan fingerprint density at radius 1 is 1.28 bits per heavy atom. The van der Waals surface area contributed by atoms with Gasteiger partial charge >= 0.3 is 0 Å². The second-order valence-electron chi connectivity index (χ2n) is 4.74. The maximum Gasteiger partial charge on any atom is 0.221 e. The van der Waals surface area contributed by atoms with E-state index in [2.05, 4.69) is 11.4 Å². The van der Waals surface area contributed by atoms with Gasteiger partial charge in [-0.15, -0.1) is 0 Å². The quantitative estimate of drug-likeness (QED) is 0.826. The molecule has 1 amide bonds. The molecule has 18 heavy (non-hydrogen) atoms. The van der Waals surface area contributed by atoms with Crippen LogP contribution in [0, 0.1) is 5.92 Å².